The van der Waals surface area contributed by atoms with Gasteiger partial charge >= 0.3 is 0 Å². The molecule has 0 radical (unpaired) electrons. The second-order valence-corrected chi connectivity index (χ2v) is 7.05. The van der Waals surface area contributed by atoms with Crippen molar-refractivity contribution in [2.45, 2.75) is 13.0 Å². The summed E-state index contributed by atoms with van der Waals surface area (Å²) in [5, 5.41) is 0. The van der Waals surface area contributed by atoms with Gasteiger partial charge in [-0.15, -0.1) is 0 Å². The third-order valence-corrected chi connectivity index (χ3v) is 4.82. The van der Waals surface area contributed by atoms with Crippen LogP contribution in [0.1, 0.15) is 27.9 Å². The first-order valence-corrected chi connectivity index (χ1v) is 9.29. The average molecular weight is 370 g/mol. The van der Waals surface area contributed by atoms with Crippen LogP contribution in [0.15, 0.2) is 77.8 Å². The average Bonchev–Trinajstić information content (AvgIpc) is 2.73. The smallest absolute Gasteiger partial charge is 0.171 e. The summed E-state index contributed by atoms with van der Waals surface area (Å²) < 4.78 is 5.84. The molecule has 1 heterocycles. The maximum Gasteiger partial charge on any atom is 0.171 e. The SMILES string of the molecule is CN(C)c1ccc2c(c1)C(=O)CC(c1ccc(OCc3ccccc3)cc1)=N2. The summed E-state index contributed by atoms with van der Waals surface area (Å²) in [6.07, 6.45) is 0.314. The molecule has 0 fully saturated rings. The summed E-state index contributed by atoms with van der Waals surface area (Å²) in [5.41, 5.74) is 5.31. The van der Waals surface area contributed by atoms with E-state index in [1.54, 1.807) is 0 Å². The largest absolute Gasteiger partial charge is 0.489 e. The Morgan fingerprint density at radius 1 is 0.964 bits per heavy atom. The monoisotopic (exact) mass is 370 g/mol. The highest BCUT2D eigenvalue weighted by molar-refractivity contribution is 6.21. The third kappa shape index (κ3) is 3.81. The number of anilines is 1. The van der Waals surface area contributed by atoms with Crippen molar-refractivity contribution in [1.29, 1.82) is 0 Å². The molecule has 0 spiro atoms. The van der Waals surface area contributed by atoms with Crippen molar-refractivity contribution in [1.82, 2.24) is 0 Å². The van der Waals surface area contributed by atoms with Crippen LogP contribution in [0, 0.1) is 0 Å². The minimum Gasteiger partial charge on any atom is -0.489 e. The number of rotatable bonds is 5. The second kappa shape index (κ2) is 7.69. The van der Waals surface area contributed by atoms with Gasteiger partial charge in [-0.1, -0.05) is 30.3 Å². The van der Waals surface area contributed by atoms with E-state index in [0.29, 0.717) is 18.6 Å². The molecule has 0 atom stereocenters. The number of hydrogen-bond acceptors (Lipinski definition) is 4. The molecule has 28 heavy (non-hydrogen) atoms. The van der Waals surface area contributed by atoms with E-state index in [0.717, 1.165) is 34.0 Å². The normalized spacial score (nSPS) is 12.9. The molecule has 0 amide bonds. The number of carbonyl (C=O) groups excluding carboxylic acids is 1. The van der Waals surface area contributed by atoms with E-state index in [2.05, 4.69) is 0 Å². The number of aliphatic imine (C=N–C) groups is 1. The molecule has 140 valence electrons. The van der Waals surface area contributed by atoms with Gasteiger partial charge in [0.1, 0.15) is 12.4 Å². The van der Waals surface area contributed by atoms with E-state index < -0.39 is 0 Å². The Bertz CT molecular complexity index is 1020. The molecule has 4 heteroatoms. The summed E-state index contributed by atoms with van der Waals surface area (Å²) in [5.74, 6) is 0.902. The van der Waals surface area contributed by atoms with Crippen LogP contribution in [0.3, 0.4) is 0 Å². The molecular weight excluding hydrogens is 348 g/mol. The van der Waals surface area contributed by atoms with Gasteiger partial charge in [0.2, 0.25) is 0 Å². The number of nitrogens with zero attached hydrogens (tertiary/aromatic N) is 2. The van der Waals surface area contributed by atoms with Gasteiger partial charge in [0.15, 0.2) is 5.78 Å². The molecular formula is C24H22N2O2. The maximum atomic E-state index is 12.6. The number of benzene rings is 3. The number of ketones is 1. The lowest BCUT2D eigenvalue weighted by molar-refractivity contribution is 0.1000. The van der Waals surface area contributed by atoms with Gasteiger partial charge in [0, 0.05) is 25.3 Å². The van der Waals surface area contributed by atoms with Crippen molar-refractivity contribution in [2.24, 2.45) is 4.99 Å². The number of hydrogen-bond donors (Lipinski definition) is 0. The zero-order chi connectivity index (χ0) is 19.5. The molecule has 4 nitrogen and oxygen atoms in total. The predicted octanol–water partition coefficient (Wildman–Crippen LogP) is 5.04. The van der Waals surface area contributed by atoms with E-state index in [-0.39, 0.29) is 5.78 Å². The Kier molecular flexibility index (Phi) is 4.94. The fourth-order valence-corrected chi connectivity index (χ4v) is 3.21. The van der Waals surface area contributed by atoms with E-state index in [1.807, 2.05) is 91.8 Å². The van der Waals surface area contributed by atoms with Gasteiger partial charge in [-0.25, -0.2) is 0 Å². The zero-order valence-corrected chi connectivity index (χ0v) is 16.1. The quantitative estimate of drug-likeness (QED) is 0.632. The van der Waals surface area contributed by atoms with Crippen molar-refractivity contribution < 1.29 is 9.53 Å². The zero-order valence-electron chi connectivity index (χ0n) is 16.1. The molecule has 0 bridgehead atoms. The van der Waals surface area contributed by atoms with Gasteiger partial charge in [0.05, 0.1) is 17.8 Å². The molecule has 4 rings (SSSR count). The van der Waals surface area contributed by atoms with Gasteiger partial charge in [-0.3, -0.25) is 9.79 Å². The summed E-state index contributed by atoms with van der Waals surface area (Å²) in [6.45, 7) is 0.529. The lowest BCUT2D eigenvalue weighted by Crippen LogP contribution is -2.16. The molecule has 0 N–H and O–H groups in total. The predicted molar refractivity (Wildman–Crippen MR) is 113 cm³/mol. The fourth-order valence-electron chi connectivity index (χ4n) is 3.21. The Morgan fingerprint density at radius 2 is 1.71 bits per heavy atom. The van der Waals surface area contributed by atoms with Crippen LogP contribution in [-0.4, -0.2) is 25.6 Å². The van der Waals surface area contributed by atoms with Gasteiger partial charge in [-0.2, -0.15) is 0 Å². The minimum absolute atomic E-state index is 0.105. The standard InChI is InChI=1S/C24H22N2O2/c1-26(2)19-10-13-22-21(14-19)24(27)15-23(25-22)18-8-11-20(12-9-18)28-16-17-6-4-3-5-7-17/h3-14H,15-16H2,1-2H3. The minimum atomic E-state index is 0.105. The fraction of sp³-hybridized carbons (Fsp3) is 0.167. The molecule has 0 saturated heterocycles. The number of Topliss-reactive ketones (excluding diaryl/α,β-unsaturated/α-hetero) is 1. The van der Waals surface area contributed by atoms with Crippen LogP contribution in [0.4, 0.5) is 11.4 Å². The highest BCUT2D eigenvalue weighted by Gasteiger charge is 2.21. The van der Waals surface area contributed by atoms with Gasteiger partial charge < -0.3 is 9.64 Å². The molecule has 0 aliphatic carbocycles. The lowest BCUT2D eigenvalue weighted by atomic mass is 9.95. The van der Waals surface area contributed by atoms with Gasteiger partial charge in [0.25, 0.3) is 0 Å². The third-order valence-electron chi connectivity index (χ3n) is 4.82. The van der Waals surface area contributed by atoms with Crippen molar-refractivity contribution in [3.63, 3.8) is 0 Å². The van der Waals surface area contributed by atoms with E-state index >= 15 is 0 Å². The summed E-state index contributed by atoms with van der Waals surface area (Å²) >= 11 is 0. The van der Waals surface area contributed by atoms with Crippen LogP contribution in [0.25, 0.3) is 0 Å². The van der Waals surface area contributed by atoms with Crippen LogP contribution in [0.2, 0.25) is 0 Å². The Balaban J connectivity index is 1.52. The molecule has 0 saturated carbocycles. The Hall–Kier alpha value is -3.40. The number of ether oxygens (including phenoxy) is 1. The first-order valence-electron chi connectivity index (χ1n) is 9.29. The highest BCUT2D eigenvalue weighted by atomic mass is 16.5. The first kappa shape index (κ1) is 18.0. The van der Waals surface area contributed by atoms with E-state index in [9.17, 15) is 4.79 Å². The van der Waals surface area contributed by atoms with Crippen molar-refractivity contribution in [3.05, 3.63) is 89.5 Å². The van der Waals surface area contributed by atoms with E-state index in [4.69, 9.17) is 9.73 Å². The summed E-state index contributed by atoms with van der Waals surface area (Å²) in [6, 6.07) is 23.7. The molecule has 3 aromatic carbocycles. The van der Waals surface area contributed by atoms with E-state index in [1.165, 1.54) is 0 Å². The second-order valence-electron chi connectivity index (χ2n) is 7.05. The van der Waals surface area contributed by atoms with Crippen LogP contribution < -0.4 is 9.64 Å². The topological polar surface area (TPSA) is 41.9 Å². The van der Waals surface area contributed by atoms with Crippen molar-refractivity contribution in [2.75, 3.05) is 19.0 Å². The van der Waals surface area contributed by atoms with Crippen LogP contribution in [-0.2, 0) is 6.61 Å². The Morgan fingerprint density at radius 3 is 2.43 bits per heavy atom. The number of carbonyl (C=O) groups is 1. The summed E-state index contributed by atoms with van der Waals surface area (Å²) in [7, 11) is 3.93. The molecule has 1 aliphatic heterocycles. The molecule has 1 aliphatic rings. The van der Waals surface area contributed by atoms with Gasteiger partial charge in [-0.05, 0) is 53.6 Å². The van der Waals surface area contributed by atoms with Crippen LogP contribution >= 0.6 is 0 Å². The maximum absolute atomic E-state index is 12.6. The molecule has 3 aromatic rings. The Labute approximate surface area is 165 Å². The first-order chi connectivity index (χ1) is 13.6. The molecule has 0 aromatic heterocycles. The van der Waals surface area contributed by atoms with Crippen molar-refractivity contribution in [3.8, 4) is 5.75 Å². The number of fused-ring (bicyclic) bond motifs is 1. The lowest BCUT2D eigenvalue weighted by Gasteiger charge is -2.19. The summed E-state index contributed by atoms with van der Waals surface area (Å²) in [4.78, 5) is 19.4. The van der Waals surface area contributed by atoms with Crippen molar-refractivity contribution >= 4 is 22.9 Å². The highest BCUT2D eigenvalue weighted by Crippen LogP contribution is 2.31. The molecule has 0 unspecified atom stereocenters. The van der Waals surface area contributed by atoms with Crippen LogP contribution in [0.5, 0.6) is 5.75 Å².